The smallest absolute Gasteiger partial charge is 0.151 e. The second kappa shape index (κ2) is 3.06. The predicted octanol–water partition coefficient (Wildman–Crippen LogP) is 1.00. The maximum atomic E-state index is 6.00. The Morgan fingerprint density at radius 3 is 2.77 bits per heavy atom. The summed E-state index contributed by atoms with van der Waals surface area (Å²) in [5.41, 5.74) is 7.25. The van der Waals surface area contributed by atoms with Gasteiger partial charge < -0.3 is 5.73 Å². The van der Waals surface area contributed by atoms with E-state index < -0.39 is 0 Å². The standard InChI is InChI=1S/C8H13BrN4/c1-13-6(7(9)11-12-13)2-3-8(10)4-5-8/h2-5,10H2,1H3. The lowest BCUT2D eigenvalue weighted by molar-refractivity contribution is 0.579. The van der Waals surface area contributed by atoms with E-state index in [0.29, 0.717) is 0 Å². The van der Waals surface area contributed by atoms with Crippen LogP contribution in [-0.4, -0.2) is 20.5 Å². The van der Waals surface area contributed by atoms with Gasteiger partial charge in [-0.15, -0.1) is 5.10 Å². The molecule has 4 nitrogen and oxygen atoms in total. The molecule has 0 atom stereocenters. The molecule has 0 unspecified atom stereocenters. The normalized spacial score (nSPS) is 19.0. The average molecular weight is 245 g/mol. The third-order valence-electron chi connectivity index (χ3n) is 2.65. The highest BCUT2D eigenvalue weighted by Crippen LogP contribution is 2.36. The van der Waals surface area contributed by atoms with Crippen LogP contribution >= 0.6 is 15.9 Å². The number of aromatic nitrogens is 3. The van der Waals surface area contributed by atoms with Gasteiger partial charge in [-0.25, -0.2) is 0 Å². The van der Waals surface area contributed by atoms with E-state index in [9.17, 15) is 0 Å². The summed E-state index contributed by atoms with van der Waals surface area (Å²) in [5, 5.41) is 7.84. The Morgan fingerprint density at radius 2 is 2.31 bits per heavy atom. The first-order chi connectivity index (χ1) is 6.11. The van der Waals surface area contributed by atoms with Crippen molar-refractivity contribution in [3.05, 3.63) is 10.3 Å². The number of hydrogen-bond acceptors (Lipinski definition) is 3. The van der Waals surface area contributed by atoms with Crippen molar-refractivity contribution in [1.29, 1.82) is 0 Å². The van der Waals surface area contributed by atoms with Crippen LogP contribution in [0.5, 0.6) is 0 Å². The van der Waals surface area contributed by atoms with Crippen LogP contribution < -0.4 is 5.73 Å². The van der Waals surface area contributed by atoms with Crippen molar-refractivity contribution in [3.63, 3.8) is 0 Å². The minimum absolute atomic E-state index is 0.115. The topological polar surface area (TPSA) is 56.7 Å². The van der Waals surface area contributed by atoms with Gasteiger partial charge in [-0.2, -0.15) is 0 Å². The molecule has 0 saturated heterocycles. The molecule has 0 spiro atoms. The largest absolute Gasteiger partial charge is 0.325 e. The molecule has 2 N–H and O–H groups in total. The zero-order chi connectivity index (χ0) is 9.47. The summed E-state index contributed by atoms with van der Waals surface area (Å²) in [6, 6.07) is 0. The van der Waals surface area contributed by atoms with Crippen LogP contribution in [0.4, 0.5) is 0 Å². The summed E-state index contributed by atoms with van der Waals surface area (Å²) in [4.78, 5) is 0. The van der Waals surface area contributed by atoms with E-state index in [1.807, 2.05) is 7.05 Å². The van der Waals surface area contributed by atoms with E-state index in [1.54, 1.807) is 4.68 Å². The molecular formula is C8H13BrN4. The van der Waals surface area contributed by atoms with Gasteiger partial charge in [0.1, 0.15) is 0 Å². The number of aryl methyl sites for hydroxylation is 1. The van der Waals surface area contributed by atoms with Crippen LogP contribution in [0.15, 0.2) is 4.60 Å². The molecule has 1 heterocycles. The highest BCUT2D eigenvalue weighted by Gasteiger charge is 2.37. The quantitative estimate of drug-likeness (QED) is 0.864. The van der Waals surface area contributed by atoms with Gasteiger partial charge in [-0.05, 0) is 41.6 Å². The van der Waals surface area contributed by atoms with Gasteiger partial charge in [-0.1, -0.05) is 5.21 Å². The summed E-state index contributed by atoms with van der Waals surface area (Å²) in [7, 11) is 1.91. The van der Waals surface area contributed by atoms with Gasteiger partial charge in [0.25, 0.3) is 0 Å². The van der Waals surface area contributed by atoms with E-state index in [4.69, 9.17) is 5.73 Å². The molecule has 1 aliphatic carbocycles. The minimum Gasteiger partial charge on any atom is -0.325 e. The molecule has 0 aliphatic heterocycles. The highest BCUT2D eigenvalue weighted by atomic mass is 79.9. The van der Waals surface area contributed by atoms with E-state index in [0.717, 1.165) is 36.0 Å². The Balaban J connectivity index is 2.00. The lowest BCUT2D eigenvalue weighted by Gasteiger charge is -2.07. The molecule has 13 heavy (non-hydrogen) atoms. The Labute approximate surface area is 85.6 Å². The monoisotopic (exact) mass is 244 g/mol. The molecule has 1 aromatic rings. The van der Waals surface area contributed by atoms with Gasteiger partial charge in [0.15, 0.2) is 4.60 Å². The van der Waals surface area contributed by atoms with E-state index in [-0.39, 0.29) is 5.54 Å². The van der Waals surface area contributed by atoms with Gasteiger partial charge in [0, 0.05) is 12.6 Å². The van der Waals surface area contributed by atoms with Crippen LogP contribution in [0.25, 0.3) is 0 Å². The fourth-order valence-corrected chi connectivity index (χ4v) is 1.92. The number of rotatable bonds is 3. The fraction of sp³-hybridized carbons (Fsp3) is 0.750. The van der Waals surface area contributed by atoms with Crippen molar-refractivity contribution in [2.45, 2.75) is 31.2 Å². The lowest BCUT2D eigenvalue weighted by Crippen LogP contribution is -2.22. The zero-order valence-electron chi connectivity index (χ0n) is 7.63. The number of hydrogen-bond donors (Lipinski definition) is 1. The van der Waals surface area contributed by atoms with Crippen LogP contribution in [0, 0.1) is 0 Å². The lowest BCUT2D eigenvalue weighted by atomic mass is 10.1. The number of nitrogens with two attached hydrogens (primary N) is 1. The van der Waals surface area contributed by atoms with Gasteiger partial charge in [0.05, 0.1) is 5.69 Å². The van der Waals surface area contributed by atoms with E-state index >= 15 is 0 Å². The molecule has 2 rings (SSSR count). The third-order valence-corrected chi connectivity index (χ3v) is 3.26. The van der Waals surface area contributed by atoms with Crippen molar-refractivity contribution in [3.8, 4) is 0 Å². The molecule has 1 saturated carbocycles. The molecule has 1 aliphatic rings. The molecule has 5 heteroatoms. The Hall–Kier alpha value is -0.420. The van der Waals surface area contributed by atoms with Crippen molar-refractivity contribution < 1.29 is 0 Å². The van der Waals surface area contributed by atoms with Crippen LogP contribution in [0.2, 0.25) is 0 Å². The van der Waals surface area contributed by atoms with Crippen molar-refractivity contribution >= 4 is 15.9 Å². The molecular weight excluding hydrogens is 232 g/mol. The molecule has 1 fully saturated rings. The summed E-state index contributed by atoms with van der Waals surface area (Å²) in [6.45, 7) is 0. The zero-order valence-corrected chi connectivity index (χ0v) is 9.21. The molecule has 0 amide bonds. The first-order valence-corrected chi connectivity index (χ1v) is 5.23. The van der Waals surface area contributed by atoms with Crippen LogP contribution in [0.3, 0.4) is 0 Å². The molecule has 0 radical (unpaired) electrons. The molecule has 0 bridgehead atoms. The first kappa shape index (κ1) is 9.15. The second-order valence-corrected chi connectivity index (χ2v) is 4.56. The first-order valence-electron chi connectivity index (χ1n) is 4.44. The summed E-state index contributed by atoms with van der Waals surface area (Å²) < 4.78 is 2.65. The number of nitrogens with zero attached hydrogens (tertiary/aromatic N) is 3. The fourth-order valence-electron chi connectivity index (χ4n) is 1.39. The van der Waals surface area contributed by atoms with Crippen molar-refractivity contribution in [2.75, 3.05) is 0 Å². The predicted molar refractivity (Wildman–Crippen MR) is 53.2 cm³/mol. The minimum atomic E-state index is 0.115. The summed E-state index contributed by atoms with van der Waals surface area (Å²) >= 11 is 3.37. The van der Waals surface area contributed by atoms with Gasteiger partial charge in [-0.3, -0.25) is 4.68 Å². The van der Waals surface area contributed by atoms with E-state index in [2.05, 4.69) is 26.2 Å². The van der Waals surface area contributed by atoms with E-state index in [1.165, 1.54) is 0 Å². The second-order valence-electron chi connectivity index (χ2n) is 3.81. The Kier molecular flexibility index (Phi) is 2.15. The molecule has 72 valence electrons. The maximum absolute atomic E-state index is 6.00. The van der Waals surface area contributed by atoms with Crippen LogP contribution in [0.1, 0.15) is 25.0 Å². The van der Waals surface area contributed by atoms with Crippen LogP contribution in [-0.2, 0) is 13.5 Å². The maximum Gasteiger partial charge on any atom is 0.151 e. The van der Waals surface area contributed by atoms with Crippen molar-refractivity contribution in [1.82, 2.24) is 15.0 Å². The molecule has 0 aromatic carbocycles. The SMILES string of the molecule is Cn1nnc(Br)c1CCC1(N)CC1. The Morgan fingerprint density at radius 1 is 1.62 bits per heavy atom. The van der Waals surface area contributed by atoms with Crippen molar-refractivity contribution in [2.24, 2.45) is 12.8 Å². The Bertz CT molecular complexity index is 296. The number of halogens is 1. The summed E-state index contributed by atoms with van der Waals surface area (Å²) in [5.74, 6) is 0. The third kappa shape index (κ3) is 1.91. The average Bonchev–Trinajstić information content (AvgIpc) is 2.72. The molecule has 1 aromatic heterocycles. The highest BCUT2D eigenvalue weighted by molar-refractivity contribution is 9.10. The van der Waals surface area contributed by atoms with Gasteiger partial charge >= 0.3 is 0 Å². The summed E-state index contributed by atoms with van der Waals surface area (Å²) in [6.07, 6.45) is 4.32. The van der Waals surface area contributed by atoms with Gasteiger partial charge in [0.2, 0.25) is 0 Å².